The van der Waals surface area contributed by atoms with Crippen molar-refractivity contribution in [3.63, 3.8) is 0 Å². The maximum Gasteiger partial charge on any atom is 0.122 e. The van der Waals surface area contributed by atoms with Crippen molar-refractivity contribution in [2.24, 2.45) is 0 Å². The maximum atomic E-state index is 9.98. The first-order valence-corrected chi connectivity index (χ1v) is 11.5. The highest BCUT2D eigenvalue weighted by atomic mass is 32.2. The fraction of sp³-hybridized carbons (Fsp3) is 0.143. The van der Waals surface area contributed by atoms with E-state index in [4.69, 9.17) is 9.72 Å². The summed E-state index contributed by atoms with van der Waals surface area (Å²) in [5, 5.41) is 10.7. The van der Waals surface area contributed by atoms with Crippen LogP contribution in [0, 0.1) is 25.2 Å². The van der Waals surface area contributed by atoms with Crippen molar-refractivity contribution < 1.29 is 4.74 Å². The van der Waals surface area contributed by atoms with E-state index in [2.05, 4.69) is 32.0 Å². The molecule has 4 heteroatoms. The van der Waals surface area contributed by atoms with Crippen LogP contribution in [0.4, 0.5) is 0 Å². The zero-order valence-corrected chi connectivity index (χ0v) is 19.0. The monoisotopic (exact) mass is 436 g/mol. The number of hydrogen-bond donors (Lipinski definition) is 0. The van der Waals surface area contributed by atoms with Gasteiger partial charge < -0.3 is 4.74 Å². The van der Waals surface area contributed by atoms with Gasteiger partial charge in [-0.1, -0.05) is 78.4 Å². The smallest absolute Gasteiger partial charge is 0.122 e. The summed E-state index contributed by atoms with van der Waals surface area (Å²) in [6, 6.07) is 30.7. The van der Waals surface area contributed by atoms with Gasteiger partial charge in [0.25, 0.3) is 0 Å². The van der Waals surface area contributed by atoms with E-state index in [1.54, 1.807) is 11.8 Å². The van der Waals surface area contributed by atoms with Crippen LogP contribution >= 0.6 is 11.8 Å². The lowest BCUT2D eigenvalue weighted by Crippen LogP contribution is -2.03. The highest BCUT2D eigenvalue weighted by Crippen LogP contribution is 2.34. The Labute approximate surface area is 193 Å². The zero-order valence-electron chi connectivity index (χ0n) is 18.2. The van der Waals surface area contributed by atoms with Crippen LogP contribution in [-0.4, -0.2) is 17.3 Å². The van der Waals surface area contributed by atoms with Gasteiger partial charge in [-0.25, -0.2) is 4.98 Å². The Morgan fingerprint density at radius 1 is 0.875 bits per heavy atom. The molecule has 0 bridgehead atoms. The molecule has 0 fully saturated rings. The summed E-state index contributed by atoms with van der Waals surface area (Å²) < 4.78 is 5.99. The van der Waals surface area contributed by atoms with Gasteiger partial charge >= 0.3 is 0 Å². The number of hydrogen-bond acceptors (Lipinski definition) is 4. The van der Waals surface area contributed by atoms with E-state index in [0.717, 1.165) is 38.7 Å². The van der Waals surface area contributed by atoms with Crippen molar-refractivity contribution in [2.75, 3.05) is 12.4 Å². The third-order valence-corrected chi connectivity index (χ3v) is 6.10. The van der Waals surface area contributed by atoms with E-state index in [1.165, 1.54) is 5.56 Å². The van der Waals surface area contributed by atoms with Crippen LogP contribution in [0.15, 0.2) is 90.0 Å². The summed E-state index contributed by atoms with van der Waals surface area (Å²) in [5.74, 6) is 1.59. The van der Waals surface area contributed by atoms with Gasteiger partial charge in [-0.3, -0.25) is 0 Å². The Kier molecular flexibility index (Phi) is 6.89. The van der Waals surface area contributed by atoms with Crippen molar-refractivity contribution in [3.8, 4) is 34.2 Å². The number of nitriles is 1. The third-order valence-electron chi connectivity index (χ3n) is 5.16. The first-order chi connectivity index (χ1) is 15.7. The van der Waals surface area contributed by atoms with Crippen LogP contribution in [0.3, 0.4) is 0 Å². The summed E-state index contributed by atoms with van der Waals surface area (Å²) in [6.07, 6.45) is 0. The first-order valence-electron chi connectivity index (χ1n) is 10.5. The highest BCUT2D eigenvalue weighted by Gasteiger charge is 2.16. The molecule has 0 N–H and O–H groups in total. The van der Waals surface area contributed by atoms with Crippen LogP contribution in [-0.2, 0) is 0 Å². The Morgan fingerprint density at radius 3 is 2.22 bits per heavy atom. The molecule has 0 saturated carbocycles. The molecule has 0 amide bonds. The second kappa shape index (κ2) is 10.2. The lowest BCUT2D eigenvalue weighted by Gasteiger charge is -2.13. The summed E-state index contributed by atoms with van der Waals surface area (Å²) >= 11 is 1.56. The van der Waals surface area contributed by atoms with Crippen LogP contribution in [0.5, 0.6) is 5.75 Å². The Bertz CT molecular complexity index is 1250. The predicted octanol–water partition coefficient (Wildman–Crippen LogP) is 7.08. The molecule has 32 heavy (non-hydrogen) atoms. The fourth-order valence-electron chi connectivity index (χ4n) is 3.59. The zero-order chi connectivity index (χ0) is 22.3. The van der Waals surface area contributed by atoms with E-state index in [-0.39, 0.29) is 0 Å². The van der Waals surface area contributed by atoms with E-state index >= 15 is 0 Å². The molecule has 0 aliphatic heterocycles. The van der Waals surface area contributed by atoms with E-state index in [1.807, 2.05) is 72.8 Å². The van der Waals surface area contributed by atoms with E-state index in [0.29, 0.717) is 17.9 Å². The van der Waals surface area contributed by atoms with Gasteiger partial charge in [0.15, 0.2) is 0 Å². The van der Waals surface area contributed by atoms with Gasteiger partial charge in [0, 0.05) is 16.9 Å². The molecule has 4 aromatic rings. The predicted molar refractivity (Wildman–Crippen MR) is 132 cm³/mol. The third kappa shape index (κ3) is 5.01. The van der Waals surface area contributed by atoms with Crippen molar-refractivity contribution in [3.05, 3.63) is 102 Å². The largest absolute Gasteiger partial charge is 0.492 e. The average molecular weight is 437 g/mol. The number of ether oxygens (including phenoxy) is 1. The molecule has 158 valence electrons. The van der Waals surface area contributed by atoms with Crippen molar-refractivity contribution in [1.82, 2.24) is 4.98 Å². The number of nitrogens with zero attached hydrogens (tertiary/aromatic N) is 2. The molecule has 0 aliphatic carbocycles. The Hall–Kier alpha value is -3.55. The number of thioether (sulfide) groups is 1. The standard InChI is InChI=1S/C28H24N2OS/c1-20-13-14-27(21(2)17-20)31-15-16-32-28-25(19-29)24(22-9-5-3-6-10-22)18-26(30-28)23-11-7-4-8-12-23/h3-14,17-18H,15-16H2,1-2H3. The molecule has 0 saturated heterocycles. The topological polar surface area (TPSA) is 45.9 Å². The Morgan fingerprint density at radius 2 is 1.56 bits per heavy atom. The summed E-state index contributed by atoms with van der Waals surface area (Å²) in [4.78, 5) is 4.86. The van der Waals surface area contributed by atoms with E-state index in [9.17, 15) is 5.26 Å². The summed E-state index contributed by atoms with van der Waals surface area (Å²) in [7, 11) is 0. The summed E-state index contributed by atoms with van der Waals surface area (Å²) in [6.45, 7) is 4.67. The van der Waals surface area contributed by atoms with Crippen molar-refractivity contribution >= 4 is 11.8 Å². The number of aromatic nitrogens is 1. The second-order valence-corrected chi connectivity index (χ2v) is 8.63. The SMILES string of the molecule is Cc1ccc(OCCSc2nc(-c3ccccc3)cc(-c3ccccc3)c2C#N)c(C)c1. The van der Waals surface area contributed by atoms with Crippen LogP contribution in [0.25, 0.3) is 22.4 Å². The normalized spacial score (nSPS) is 10.5. The van der Waals surface area contributed by atoms with Gasteiger partial charge in [-0.05, 0) is 37.1 Å². The highest BCUT2D eigenvalue weighted by molar-refractivity contribution is 7.99. The quantitative estimate of drug-likeness (QED) is 0.229. The van der Waals surface area contributed by atoms with Gasteiger partial charge in [-0.15, -0.1) is 11.8 Å². The minimum atomic E-state index is 0.539. The molecule has 3 aromatic carbocycles. The molecular formula is C28H24N2OS. The molecule has 1 heterocycles. The molecule has 0 atom stereocenters. The lowest BCUT2D eigenvalue weighted by atomic mass is 9.99. The van der Waals surface area contributed by atoms with Crippen molar-refractivity contribution in [2.45, 2.75) is 18.9 Å². The molecule has 0 radical (unpaired) electrons. The van der Waals surface area contributed by atoms with Crippen molar-refractivity contribution in [1.29, 1.82) is 5.26 Å². The van der Waals surface area contributed by atoms with Gasteiger partial charge in [-0.2, -0.15) is 5.26 Å². The molecule has 0 spiro atoms. The second-order valence-electron chi connectivity index (χ2n) is 7.54. The van der Waals surface area contributed by atoms with Gasteiger partial charge in [0.2, 0.25) is 0 Å². The molecule has 4 rings (SSSR count). The van der Waals surface area contributed by atoms with Crippen LogP contribution in [0.1, 0.15) is 16.7 Å². The lowest BCUT2D eigenvalue weighted by molar-refractivity contribution is 0.341. The number of pyridine rings is 1. The number of rotatable bonds is 7. The maximum absolute atomic E-state index is 9.98. The molecule has 3 nitrogen and oxygen atoms in total. The average Bonchev–Trinajstić information content (AvgIpc) is 2.83. The molecule has 0 aliphatic rings. The fourth-order valence-corrected chi connectivity index (χ4v) is 4.41. The Balaban J connectivity index is 1.62. The number of benzene rings is 3. The minimum absolute atomic E-state index is 0.539. The van der Waals surface area contributed by atoms with Gasteiger partial charge in [0.1, 0.15) is 16.8 Å². The first kappa shape index (κ1) is 21.7. The van der Waals surface area contributed by atoms with E-state index < -0.39 is 0 Å². The van der Waals surface area contributed by atoms with Crippen LogP contribution < -0.4 is 4.74 Å². The molecule has 1 aromatic heterocycles. The summed E-state index contributed by atoms with van der Waals surface area (Å²) in [5.41, 5.74) is 6.76. The number of aryl methyl sites for hydroxylation is 2. The molecule has 0 unspecified atom stereocenters. The van der Waals surface area contributed by atoms with Crippen LogP contribution in [0.2, 0.25) is 0 Å². The van der Waals surface area contributed by atoms with Gasteiger partial charge in [0.05, 0.1) is 17.9 Å². The molecular weight excluding hydrogens is 412 g/mol. The minimum Gasteiger partial charge on any atom is -0.492 e.